The summed E-state index contributed by atoms with van der Waals surface area (Å²) in [6.07, 6.45) is 0. The van der Waals surface area contributed by atoms with Gasteiger partial charge in [0, 0.05) is 0 Å². The predicted molar refractivity (Wildman–Crippen MR) is 21.4 cm³/mol. The van der Waals surface area contributed by atoms with Crippen molar-refractivity contribution in [1.29, 1.82) is 0 Å². The van der Waals surface area contributed by atoms with Crippen LogP contribution >= 0.6 is 10.6 Å². The summed E-state index contributed by atoms with van der Waals surface area (Å²) in [6.45, 7) is -3.67. The van der Waals surface area contributed by atoms with Crippen molar-refractivity contribution in [3.63, 3.8) is 0 Å². The molecule has 0 aromatic carbocycles. The molecule has 0 aliphatic carbocycles. The largest absolute Gasteiger partial charge is 0.431 e. The predicted octanol–water partition coefficient (Wildman–Crippen LogP) is 4.35. The molecular formula is CHF9S. The highest BCUT2D eigenvalue weighted by Gasteiger charge is 2.64. The van der Waals surface area contributed by atoms with Gasteiger partial charge >= 0.3 is 17.3 Å². The molecule has 0 aromatic heterocycles. The Hall–Kier alpha value is -0.280. The molecule has 11 heavy (non-hydrogen) atoms. The van der Waals surface area contributed by atoms with E-state index in [1.807, 2.05) is 0 Å². The van der Waals surface area contributed by atoms with Gasteiger partial charge in [-0.15, -0.1) is 0 Å². The van der Waals surface area contributed by atoms with E-state index in [9.17, 15) is 36.5 Å². The Morgan fingerprint density at radius 3 is 0.636 bits per heavy atom. The van der Waals surface area contributed by atoms with Gasteiger partial charge in [0.25, 0.3) is 0 Å². The summed E-state index contributed by atoms with van der Waals surface area (Å²) in [5, 5.41) is 0. The SMILES string of the molecule is FC(F)F.FS(F)(F)(F)(F)F. The third-order valence-corrected chi connectivity index (χ3v) is 0. The number of hydrogen-bond acceptors (Lipinski definition) is 0. The summed E-state index contributed by atoms with van der Waals surface area (Å²) >= 11 is 0. The first-order valence-corrected chi connectivity index (χ1v) is 3.43. The number of rotatable bonds is 0. The lowest BCUT2D eigenvalue weighted by molar-refractivity contribution is 0.00818. The van der Waals surface area contributed by atoms with Crippen molar-refractivity contribution in [3.8, 4) is 0 Å². The van der Waals surface area contributed by atoms with Crippen LogP contribution in [0, 0.1) is 0 Å². The van der Waals surface area contributed by atoms with Crippen LogP contribution in [0.3, 0.4) is 0 Å². The van der Waals surface area contributed by atoms with Crippen LogP contribution in [0.1, 0.15) is 0 Å². The zero-order valence-electron chi connectivity index (χ0n) is 4.39. The van der Waals surface area contributed by atoms with Crippen LogP contribution in [0.15, 0.2) is 0 Å². The van der Waals surface area contributed by atoms with Crippen LogP contribution in [0.5, 0.6) is 0 Å². The molecule has 0 heterocycles. The molecule has 0 spiro atoms. The standard InChI is InChI=1S/CHF3.F6S/c2-1(3)4;1-7(2,3,4,5)6/h1H;. The molecule has 74 valence electrons. The van der Waals surface area contributed by atoms with Gasteiger partial charge in [-0.1, -0.05) is 23.3 Å². The summed E-state index contributed by atoms with van der Waals surface area (Å²) in [5.41, 5.74) is 0. The van der Waals surface area contributed by atoms with Gasteiger partial charge in [0.15, 0.2) is 0 Å². The molecule has 10 heteroatoms. The number of halogens is 9. The van der Waals surface area contributed by atoms with Crippen molar-refractivity contribution in [2.75, 3.05) is 0 Å². The van der Waals surface area contributed by atoms with E-state index in [4.69, 9.17) is 0 Å². The number of alkyl halides is 3. The van der Waals surface area contributed by atoms with Crippen molar-refractivity contribution >= 4 is 10.6 Å². The van der Waals surface area contributed by atoms with E-state index in [1.165, 1.54) is 0 Å². The van der Waals surface area contributed by atoms with Crippen LogP contribution in [-0.4, -0.2) is 6.68 Å². The molecule has 0 bridgehead atoms. The second kappa shape index (κ2) is 2.35. The quantitative estimate of drug-likeness (QED) is 0.528. The maximum Gasteiger partial charge on any atom is 0.431 e. The van der Waals surface area contributed by atoms with Gasteiger partial charge in [0.1, 0.15) is 0 Å². The molecule has 0 N–H and O–H groups in total. The first-order chi connectivity index (χ1) is 4.18. The molecule has 0 saturated heterocycles. The molecule has 0 amide bonds. The van der Waals surface area contributed by atoms with Crippen molar-refractivity contribution in [2.45, 2.75) is 6.68 Å². The van der Waals surface area contributed by atoms with Gasteiger partial charge in [0.2, 0.25) is 0 Å². The fourth-order valence-electron chi connectivity index (χ4n) is 0. The lowest BCUT2D eigenvalue weighted by Crippen LogP contribution is -1.92. The molecule has 0 rings (SSSR count). The fraction of sp³-hybridized carbons (Fsp3) is 1.00. The molecule has 0 aromatic rings. The molecule has 0 unspecified atom stereocenters. The monoisotopic (exact) mass is 216 g/mol. The van der Waals surface area contributed by atoms with Gasteiger partial charge in [-0.2, -0.15) is 13.2 Å². The summed E-state index contributed by atoms with van der Waals surface area (Å²) < 4.78 is 88.1. The van der Waals surface area contributed by atoms with Crippen LogP contribution in [0.4, 0.5) is 36.5 Å². The summed E-state index contributed by atoms with van der Waals surface area (Å²) in [4.78, 5) is 0. The summed E-state index contributed by atoms with van der Waals surface area (Å²) in [6, 6.07) is 0. The lowest BCUT2D eigenvalue weighted by atomic mass is 11.6. The lowest BCUT2D eigenvalue weighted by Gasteiger charge is -2.28. The van der Waals surface area contributed by atoms with Gasteiger partial charge in [0.05, 0.1) is 0 Å². The van der Waals surface area contributed by atoms with E-state index in [0.29, 0.717) is 0 Å². The van der Waals surface area contributed by atoms with Crippen LogP contribution in [-0.2, 0) is 0 Å². The van der Waals surface area contributed by atoms with Gasteiger partial charge in [-0.25, -0.2) is 0 Å². The molecule has 0 fully saturated rings. The zero-order chi connectivity index (χ0) is 9.99. The van der Waals surface area contributed by atoms with E-state index in [-0.39, 0.29) is 0 Å². The summed E-state index contributed by atoms with van der Waals surface area (Å²) in [7, 11) is -10.5. The van der Waals surface area contributed by atoms with Gasteiger partial charge in [-0.3, -0.25) is 0 Å². The molecule has 0 atom stereocenters. The van der Waals surface area contributed by atoms with E-state index < -0.39 is 17.3 Å². The minimum absolute atomic E-state index is 3.67. The first kappa shape index (κ1) is 13.3. The third-order valence-electron chi connectivity index (χ3n) is 0. The molecular weight excluding hydrogens is 215 g/mol. The Morgan fingerprint density at radius 2 is 0.636 bits per heavy atom. The molecule has 0 aliphatic rings. The highest BCUT2D eigenvalue weighted by atomic mass is 32.5. The third kappa shape index (κ3) is 7390. The minimum atomic E-state index is -10.5. The Kier molecular flexibility index (Phi) is 2.85. The second-order valence-corrected chi connectivity index (χ2v) is 2.87. The normalized spacial score (nSPS) is 18.0. The van der Waals surface area contributed by atoms with Crippen molar-refractivity contribution in [2.24, 2.45) is 0 Å². The van der Waals surface area contributed by atoms with E-state index in [0.717, 1.165) is 0 Å². The van der Waals surface area contributed by atoms with Gasteiger partial charge in [-0.05, 0) is 0 Å². The maximum atomic E-state index is 9.85. The van der Waals surface area contributed by atoms with Crippen LogP contribution in [0.25, 0.3) is 0 Å². The molecule has 0 radical (unpaired) electrons. The fourth-order valence-corrected chi connectivity index (χ4v) is 0. The Bertz CT molecular complexity index is 96.3. The topological polar surface area (TPSA) is 0 Å². The van der Waals surface area contributed by atoms with E-state index >= 15 is 0 Å². The molecule has 0 aliphatic heterocycles. The maximum absolute atomic E-state index is 10.5. The average Bonchev–Trinajstić information content (AvgIpc) is 1.11. The first-order valence-electron chi connectivity index (χ1n) is 1.58. The summed E-state index contributed by atoms with van der Waals surface area (Å²) in [5.74, 6) is 0. The average molecular weight is 216 g/mol. The smallest absolute Gasteiger partial charge is 0.174 e. The minimum Gasteiger partial charge on any atom is -0.174 e. The van der Waals surface area contributed by atoms with Crippen molar-refractivity contribution in [3.05, 3.63) is 0 Å². The van der Waals surface area contributed by atoms with Crippen molar-refractivity contribution < 1.29 is 36.5 Å². The van der Waals surface area contributed by atoms with Crippen molar-refractivity contribution in [1.82, 2.24) is 0 Å². The highest BCUT2D eigenvalue weighted by molar-refractivity contribution is 8.41. The highest BCUT2D eigenvalue weighted by Crippen LogP contribution is 2.99. The molecule has 0 nitrogen and oxygen atoms in total. The van der Waals surface area contributed by atoms with Crippen LogP contribution < -0.4 is 0 Å². The van der Waals surface area contributed by atoms with E-state index in [2.05, 4.69) is 0 Å². The Morgan fingerprint density at radius 1 is 0.636 bits per heavy atom. The zero-order valence-corrected chi connectivity index (χ0v) is 5.20. The molecule has 0 saturated carbocycles. The second-order valence-electron chi connectivity index (χ2n) is 1.12. The Balaban J connectivity index is 0. The Labute approximate surface area is 55.0 Å². The number of hydrogen-bond donors (Lipinski definition) is 0. The van der Waals surface area contributed by atoms with Gasteiger partial charge < -0.3 is 0 Å². The van der Waals surface area contributed by atoms with Crippen LogP contribution in [0.2, 0.25) is 0 Å². The van der Waals surface area contributed by atoms with E-state index in [1.54, 1.807) is 0 Å².